The van der Waals surface area contributed by atoms with Gasteiger partial charge in [-0.25, -0.2) is 9.97 Å². The maximum Gasteiger partial charge on any atom is 0.115 e. The molecule has 0 bridgehead atoms. The van der Waals surface area contributed by atoms with Crippen molar-refractivity contribution in [1.82, 2.24) is 9.97 Å². The Balaban J connectivity index is 2.74. The summed E-state index contributed by atoms with van der Waals surface area (Å²) in [5, 5.41) is 0. The Bertz CT molecular complexity index is 194. The zero-order chi connectivity index (χ0) is 8.10. The minimum atomic E-state index is 0.387. The number of aromatic nitrogens is 2. The van der Waals surface area contributed by atoms with E-state index in [2.05, 4.69) is 16.9 Å². The van der Waals surface area contributed by atoms with Gasteiger partial charge in [0.25, 0.3) is 0 Å². The van der Waals surface area contributed by atoms with Crippen LogP contribution in [0.1, 0.15) is 25.0 Å². The largest absolute Gasteiger partial charge is 0.330 e. The van der Waals surface area contributed by atoms with Gasteiger partial charge in [0.15, 0.2) is 0 Å². The highest BCUT2D eigenvalue weighted by Crippen LogP contribution is 2.13. The van der Waals surface area contributed by atoms with Crippen LogP contribution in [0.15, 0.2) is 18.6 Å². The first kappa shape index (κ1) is 8.14. The third-order valence-electron chi connectivity index (χ3n) is 1.80. The van der Waals surface area contributed by atoms with E-state index < -0.39 is 0 Å². The van der Waals surface area contributed by atoms with Gasteiger partial charge in [-0.3, -0.25) is 0 Å². The minimum Gasteiger partial charge on any atom is -0.330 e. The zero-order valence-electron chi connectivity index (χ0n) is 6.70. The van der Waals surface area contributed by atoms with E-state index in [0.717, 1.165) is 12.1 Å². The van der Waals surface area contributed by atoms with E-state index in [1.165, 1.54) is 0 Å². The van der Waals surface area contributed by atoms with Crippen LogP contribution in [0, 0.1) is 0 Å². The van der Waals surface area contributed by atoms with Crippen molar-refractivity contribution in [1.29, 1.82) is 0 Å². The topological polar surface area (TPSA) is 51.8 Å². The molecule has 1 aromatic heterocycles. The molecule has 0 amide bonds. The maximum absolute atomic E-state index is 5.55. The van der Waals surface area contributed by atoms with Crippen LogP contribution >= 0.6 is 0 Å². The van der Waals surface area contributed by atoms with Gasteiger partial charge in [-0.1, -0.05) is 6.92 Å². The summed E-state index contributed by atoms with van der Waals surface area (Å²) in [7, 11) is 0. The molecule has 0 saturated carbocycles. The molecule has 1 unspecified atom stereocenters. The molecular formula is C8H13N3. The van der Waals surface area contributed by atoms with Crippen LogP contribution < -0.4 is 5.73 Å². The average Bonchev–Trinajstić information content (AvgIpc) is 2.09. The molecule has 0 fully saturated rings. The van der Waals surface area contributed by atoms with Gasteiger partial charge in [0, 0.05) is 24.4 Å². The summed E-state index contributed by atoms with van der Waals surface area (Å²) in [6.07, 6.45) is 4.35. The second-order valence-electron chi connectivity index (χ2n) is 2.48. The maximum atomic E-state index is 5.55. The van der Waals surface area contributed by atoms with Crippen LogP contribution in [-0.2, 0) is 0 Å². The van der Waals surface area contributed by atoms with E-state index in [9.17, 15) is 0 Å². The molecule has 0 aliphatic rings. The summed E-state index contributed by atoms with van der Waals surface area (Å²) >= 11 is 0. The second-order valence-corrected chi connectivity index (χ2v) is 2.48. The first-order valence-electron chi connectivity index (χ1n) is 3.84. The van der Waals surface area contributed by atoms with E-state index in [0.29, 0.717) is 12.5 Å². The molecule has 11 heavy (non-hydrogen) atoms. The molecule has 1 heterocycles. The summed E-state index contributed by atoms with van der Waals surface area (Å²) in [6, 6.07) is 1.92. The van der Waals surface area contributed by atoms with Crippen molar-refractivity contribution < 1.29 is 0 Å². The predicted molar refractivity (Wildman–Crippen MR) is 44.1 cm³/mol. The van der Waals surface area contributed by atoms with Crippen molar-refractivity contribution in [3.8, 4) is 0 Å². The molecular weight excluding hydrogens is 138 g/mol. The van der Waals surface area contributed by atoms with Crippen molar-refractivity contribution in [3.05, 3.63) is 24.3 Å². The van der Waals surface area contributed by atoms with Gasteiger partial charge < -0.3 is 5.73 Å². The number of hydrogen-bond donors (Lipinski definition) is 1. The van der Waals surface area contributed by atoms with Gasteiger partial charge in [-0.15, -0.1) is 0 Å². The van der Waals surface area contributed by atoms with Crippen LogP contribution in [0.5, 0.6) is 0 Å². The number of rotatable bonds is 3. The van der Waals surface area contributed by atoms with Crippen molar-refractivity contribution in [2.45, 2.75) is 19.3 Å². The normalized spacial score (nSPS) is 12.9. The highest BCUT2D eigenvalue weighted by Gasteiger charge is 2.06. The molecule has 1 atom stereocenters. The summed E-state index contributed by atoms with van der Waals surface area (Å²) in [5.41, 5.74) is 6.60. The fourth-order valence-electron chi connectivity index (χ4n) is 1.04. The van der Waals surface area contributed by atoms with Gasteiger partial charge in [0.1, 0.15) is 6.33 Å². The van der Waals surface area contributed by atoms with Crippen molar-refractivity contribution >= 4 is 0 Å². The Labute approximate surface area is 66.7 Å². The third-order valence-corrected chi connectivity index (χ3v) is 1.80. The second kappa shape index (κ2) is 4.03. The highest BCUT2D eigenvalue weighted by atomic mass is 14.8. The van der Waals surface area contributed by atoms with Crippen LogP contribution in [0.3, 0.4) is 0 Å². The smallest absolute Gasteiger partial charge is 0.115 e. The van der Waals surface area contributed by atoms with Crippen LogP contribution in [0.4, 0.5) is 0 Å². The van der Waals surface area contributed by atoms with E-state index in [4.69, 9.17) is 5.73 Å². The number of nitrogens with zero attached hydrogens (tertiary/aromatic N) is 2. The molecule has 3 nitrogen and oxygen atoms in total. The van der Waals surface area contributed by atoms with E-state index >= 15 is 0 Å². The number of hydrogen-bond acceptors (Lipinski definition) is 3. The molecule has 0 radical (unpaired) electrons. The standard InChI is InChI=1S/C8H13N3/c1-2-7(5-9)8-3-4-10-6-11-8/h3-4,6-7H,2,5,9H2,1H3. The molecule has 2 N–H and O–H groups in total. The lowest BCUT2D eigenvalue weighted by Gasteiger charge is -2.09. The van der Waals surface area contributed by atoms with Gasteiger partial charge in [-0.2, -0.15) is 0 Å². The Morgan fingerprint density at radius 3 is 2.91 bits per heavy atom. The van der Waals surface area contributed by atoms with Crippen LogP contribution in [0.25, 0.3) is 0 Å². The summed E-state index contributed by atoms with van der Waals surface area (Å²) < 4.78 is 0. The van der Waals surface area contributed by atoms with Gasteiger partial charge in [0.05, 0.1) is 0 Å². The van der Waals surface area contributed by atoms with Crippen LogP contribution in [0.2, 0.25) is 0 Å². The van der Waals surface area contributed by atoms with Crippen molar-refractivity contribution in [2.24, 2.45) is 5.73 Å². The monoisotopic (exact) mass is 151 g/mol. The summed E-state index contributed by atoms with van der Waals surface area (Å²) in [6.45, 7) is 2.77. The Hall–Kier alpha value is -0.960. The van der Waals surface area contributed by atoms with E-state index in [-0.39, 0.29) is 0 Å². The van der Waals surface area contributed by atoms with Crippen molar-refractivity contribution in [3.63, 3.8) is 0 Å². The fourth-order valence-corrected chi connectivity index (χ4v) is 1.04. The quantitative estimate of drug-likeness (QED) is 0.699. The summed E-state index contributed by atoms with van der Waals surface area (Å²) in [5.74, 6) is 0.387. The molecule has 60 valence electrons. The van der Waals surface area contributed by atoms with E-state index in [1.54, 1.807) is 12.5 Å². The fraction of sp³-hybridized carbons (Fsp3) is 0.500. The van der Waals surface area contributed by atoms with Crippen molar-refractivity contribution in [2.75, 3.05) is 6.54 Å². The highest BCUT2D eigenvalue weighted by molar-refractivity contribution is 5.05. The number of nitrogens with two attached hydrogens (primary N) is 1. The third kappa shape index (κ3) is 1.98. The van der Waals surface area contributed by atoms with Gasteiger partial charge >= 0.3 is 0 Å². The Morgan fingerprint density at radius 1 is 1.64 bits per heavy atom. The lowest BCUT2D eigenvalue weighted by Crippen LogP contribution is -2.12. The SMILES string of the molecule is CCC(CN)c1ccncn1. The molecule has 0 aromatic carbocycles. The summed E-state index contributed by atoms with van der Waals surface area (Å²) in [4.78, 5) is 7.97. The molecule has 0 spiro atoms. The molecule has 0 saturated heterocycles. The van der Waals surface area contributed by atoms with Gasteiger partial charge in [0.2, 0.25) is 0 Å². The first-order valence-corrected chi connectivity index (χ1v) is 3.84. The first-order chi connectivity index (χ1) is 5.38. The van der Waals surface area contributed by atoms with Gasteiger partial charge in [-0.05, 0) is 12.5 Å². The van der Waals surface area contributed by atoms with E-state index in [1.807, 2.05) is 6.07 Å². The molecule has 3 heteroatoms. The molecule has 1 aromatic rings. The lowest BCUT2D eigenvalue weighted by molar-refractivity contribution is 0.651. The average molecular weight is 151 g/mol. The lowest BCUT2D eigenvalue weighted by atomic mass is 10.0. The molecule has 1 rings (SSSR count). The predicted octanol–water partition coefficient (Wildman–Crippen LogP) is 0.929. The Morgan fingerprint density at radius 2 is 2.45 bits per heavy atom. The molecule has 0 aliphatic carbocycles. The minimum absolute atomic E-state index is 0.387. The molecule has 0 aliphatic heterocycles. The zero-order valence-corrected chi connectivity index (χ0v) is 6.70. The van der Waals surface area contributed by atoms with Crippen LogP contribution in [-0.4, -0.2) is 16.5 Å². The Kier molecular flexibility index (Phi) is 2.98.